The van der Waals surface area contributed by atoms with Crippen LogP contribution in [-0.4, -0.2) is 21.0 Å². The van der Waals surface area contributed by atoms with Crippen LogP contribution in [0.1, 0.15) is 32.6 Å². The number of carbonyl (C=O) groups is 1. The molecular weight excluding hydrogens is 410 g/mol. The van der Waals surface area contributed by atoms with Gasteiger partial charge in [-0.15, -0.1) is 0 Å². The zero-order chi connectivity index (χ0) is 22.3. The van der Waals surface area contributed by atoms with Gasteiger partial charge in [-0.2, -0.15) is 8.78 Å². The summed E-state index contributed by atoms with van der Waals surface area (Å²) in [4.78, 5) is 19.6. The molecule has 4 nitrogen and oxygen atoms in total. The minimum absolute atomic E-state index is 0.183. The Balaban J connectivity index is 1.82. The molecule has 1 N–H and O–H groups in total. The Bertz CT molecular complexity index is 1310. The van der Waals surface area contributed by atoms with Crippen molar-refractivity contribution in [1.82, 2.24) is 9.97 Å². The van der Waals surface area contributed by atoms with E-state index in [4.69, 9.17) is 0 Å². The summed E-state index contributed by atoms with van der Waals surface area (Å²) in [6, 6.07) is 19.1. The van der Waals surface area contributed by atoms with Crippen molar-refractivity contribution in [3.8, 4) is 11.1 Å². The number of fused-ring (bicyclic) bond motifs is 3. The van der Waals surface area contributed by atoms with E-state index >= 15 is 0 Å². The van der Waals surface area contributed by atoms with E-state index in [9.17, 15) is 18.7 Å². The summed E-state index contributed by atoms with van der Waals surface area (Å²) >= 11 is 0. The smallest absolute Gasteiger partial charge is 0.336 e. The zero-order valence-electron chi connectivity index (χ0n) is 16.9. The van der Waals surface area contributed by atoms with Crippen molar-refractivity contribution >= 4 is 5.97 Å². The van der Waals surface area contributed by atoms with Crippen LogP contribution < -0.4 is 0 Å². The van der Waals surface area contributed by atoms with E-state index in [-0.39, 0.29) is 5.56 Å². The molecule has 0 saturated heterocycles. The lowest BCUT2D eigenvalue weighted by molar-refractivity contribution is 0.0694. The summed E-state index contributed by atoms with van der Waals surface area (Å²) in [5.74, 6) is -2.25. The van der Waals surface area contributed by atoms with Crippen LogP contribution in [0.25, 0.3) is 11.1 Å². The highest BCUT2D eigenvalue weighted by Gasteiger charge is 2.45. The Morgan fingerprint density at radius 1 is 0.812 bits per heavy atom. The molecule has 2 aromatic carbocycles. The third-order valence-electron chi connectivity index (χ3n) is 6.10. The molecule has 5 rings (SSSR count). The number of aromatic carboxylic acids is 1. The van der Waals surface area contributed by atoms with Crippen LogP contribution in [0.4, 0.5) is 8.78 Å². The number of benzene rings is 2. The summed E-state index contributed by atoms with van der Waals surface area (Å²) < 4.78 is 28.0. The molecule has 0 amide bonds. The maximum atomic E-state index is 14.0. The molecule has 0 unspecified atom stereocenters. The van der Waals surface area contributed by atoms with Crippen LogP contribution in [0.2, 0.25) is 0 Å². The van der Waals surface area contributed by atoms with Gasteiger partial charge in [0.1, 0.15) is 0 Å². The molecule has 1 aliphatic carbocycles. The fraction of sp³-hybridized carbons (Fsp3) is 0.115. The first-order valence-electron chi connectivity index (χ1n) is 10.2. The first-order chi connectivity index (χ1) is 15.5. The lowest BCUT2D eigenvalue weighted by Gasteiger charge is -2.33. The van der Waals surface area contributed by atoms with E-state index in [1.165, 1.54) is 24.5 Å². The average molecular weight is 428 g/mol. The standard InChI is InChI=1S/C26H18F2N2O2/c27-22-12-16(8-10-29-22)14-26(15-17-9-11-30-23(28)13-17)21-7-2-1-4-18(21)19-5-3-6-20(24(19)26)25(31)32/h1-13H,14-15H2,(H,31,32). The van der Waals surface area contributed by atoms with Crippen LogP contribution in [0.3, 0.4) is 0 Å². The second-order valence-electron chi connectivity index (χ2n) is 7.99. The quantitative estimate of drug-likeness (QED) is 0.444. The SMILES string of the molecule is O=C(O)c1cccc2c1C(Cc1ccnc(F)c1)(Cc1ccnc(F)c1)c1ccccc1-2. The normalized spacial score (nSPS) is 13.4. The number of carboxylic acid groups (broad SMARTS) is 1. The predicted octanol–water partition coefficient (Wildman–Crippen LogP) is 5.20. The number of nitrogens with zero attached hydrogens (tertiary/aromatic N) is 2. The molecule has 2 aromatic heterocycles. The molecule has 2 heterocycles. The Morgan fingerprint density at radius 3 is 2.00 bits per heavy atom. The highest BCUT2D eigenvalue weighted by atomic mass is 19.1. The number of aromatic nitrogens is 2. The van der Waals surface area contributed by atoms with E-state index < -0.39 is 23.3 Å². The number of pyridine rings is 2. The highest BCUT2D eigenvalue weighted by Crippen LogP contribution is 2.53. The molecule has 4 aromatic rings. The van der Waals surface area contributed by atoms with Gasteiger partial charge in [-0.25, -0.2) is 14.8 Å². The first kappa shape index (κ1) is 20.0. The average Bonchev–Trinajstić information content (AvgIpc) is 3.04. The van der Waals surface area contributed by atoms with Gasteiger partial charge < -0.3 is 5.11 Å². The van der Waals surface area contributed by atoms with Crippen molar-refractivity contribution in [2.24, 2.45) is 0 Å². The lowest BCUT2D eigenvalue weighted by atomic mass is 9.68. The second-order valence-corrected chi connectivity index (χ2v) is 7.99. The van der Waals surface area contributed by atoms with Gasteiger partial charge in [0.2, 0.25) is 11.9 Å². The highest BCUT2D eigenvalue weighted by molar-refractivity contribution is 5.96. The maximum absolute atomic E-state index is 14.0. The van der Waals surface area contributed by atoms with Crippen LogP contribution in [0.15, 0.2) is 79.1 Å². The van der Waals surface area contributed by atoms with Crippen LogP contribution >= 0.6 is 0 Å². The number of hydrogen-bond acceptors (Lipinski definition) is 3. The van der Waals surface area contributed by atoms with Gasteiger partial charge in [0.05, 0.1) is 5.56 Å². The summed E-state index contributed by atoms with van der Waals surface area (Å²) in [5.41, 5.74) is 4.02. The molecule has 0 saturated carbocycles. The summed E-state index contributed by atoms with van der Waals surface area (Å²) in [5, 5.41) is 10.0. The van der Waals surface area contributed by atoms with E-state index in [2.05, 4.69) is 9.97 Å². The van der Waals surface area contributed by atoms with Gasteiger partial charge in [0.25, 0.3) is 0 Å². The molecule has 0 spiro atoms. The molecule has 0 atom stereocenters. The van der Waals surface area contributed by atoms with E-state index in [1.54, 1.807) is 24.3 Å². The molecule has 0 aliphatic heterocycles. The Hall–Kier alpha value is -3.93. The Labute approximate surface area is 183 Å². The van der Waals surface area contributed by atoms with Gasteiger partial charge in [0.15, 0.2) is 0 Å². The second kappa shape index (κ2) is 7.64. The van der Waals surface area contributed by atoms with Crippen molar-refractivity contribution < 1.29 is 18.7 Å². The van der Waals surface area contributed by atoms with E-state index in [0.717, 1.165) is 16.7 Å². The van der Waals surface area contributed by atoms with Crippen molar-refractivity contribution in [2.75, 3.05) is 0 Å². The lowest BCUT2D eigenvalue weighted by Crippen LogP contribution is -2.33. The van der Waals surface area contributed by atoms with Crippen molar-refractivity contribution in [3.63, 3.8) is 0 Å². The maximum Gasteiger partial charge on any atom is 0.336 e. The molecule has 0 bridgehead atoms. The van der Waals surface area contributed by atoms with Crippen LogP contribution in [0.5, 0.6) is 0 Å². The van der Waals surface area contributed by atoms with Crippen LogP contribution in [-0.2, 0) is 18.3 Å². The minimum atomic E-state index is -1.04. The van der Waals surface area contributed by atoms with Crippen LogP contribution in [0, 0.1) is 11.9 Å². The number of halogens is 2. The predicted molar refractivity (Wildman–Crippen MR) is 115 cm³/mol. The molecule has 1 aliphatic rings. The number of rotatable bonds is 5. The Morgan fingerprint density at radius 2 is 1.41 bits per heavy atom. The molecule has 0 fully saturated rings. The van der Waals surface area contributed by atoms with Gasteiger partial charge in [0, 0.05) is 17.8 Å². The number of carboxylic acids is 1. The summed E-state index contributed by atoms with van der Waals surface area (Å²) in [7, 11) is 0. The Kier molecular flexibility index (Phi) is 4.78. The van der Waals surface area contributed by atoms with Crippen molar-refractivity contribution in [3.05, 3.63) is 119 Å². The summed E-state index contributed by atoms with van der Waals surface area (Å²) in [6.07, 6.45) is 3.44. The minimum Gasteiger partial charge on any atom is -0.478 e. The van der Waals surface area contributed by atoms with Gasteiger partial charge in [-0.3, -0.25) is 0 Å². The van der Waals surface area contributed by atoms with Crippen molar-refractivity contribution in [2.45, 2.75) is 18.3 Å². The zero-order valence-corrected chi connectivity index (χ0v) is 16.9. The fourth-order valence-electron chi connectivity index (χ4n) is 4.97. The molecule has 6 heteroatoms. The number of hydrogen-bond donors (Lipinski definition) is 1. The third kappa shape index (κ3) is 3.24. The van der Waals surface area contributed by atoms with Gasteiger partial charge in [-0.05, 0) is 76.6 Å². The molecule has 158 valence electrons. The third-order valence-corrected chi connectivity index (χ3v) is 6.10. The topological polar surface area (TPSA) is 63.1 Å². The van der Waals surface area contributed by atoms with E-state index in [0.29, 0.717) is 29.5 Å². The largest absolute Gasteiger partial charge is 0.478 e. The van der Waals surface area contributed by atoms with Crippen molar-refractivity contribution in [1.29, 1.82) is 0 Å². The van der Waals surface area contributed by atoms with E-state index in [1.807, 2.05) is 30.3 Å². The molecule has 32 heavy (non-hydrogen) atoms. The van der Waals surface area contributed by atoms with Gasteiger partial charge in [-0.1, -0.05) is 36.4 Å². The summed E-state index contributed by atoms with van der Waals surface area (Å²) in [6.45, 7) is 0. The van der Waals surface area contributed by atoms with Gasteiger partial charge >= 0.3 is 5.97 Å². The monoisotopic (exact) mass is 428 g/mol. The first-order valence-corrected chi connectivity index (χ1v) is 10.2. The molecular formula is C26H18F2N2O2. The fourth-order valence-corrected chi connectivity index (χ4v) is 4.97. The molecule has 0 radical (unpaired) electrons.